The number of hydrogen-bond acceptors (Lipinski definition) is 2. The molecule has 0 bridgehead atoms. The highest BCUT2D eigenvalue weighted by molar-refractivity contribution is 5.86. The van der Waals surface area contributed by atoms with Crippen LogP contribution in [0.2, 0.25) is 0 Å². The summed E-state index contributed by atoms with van der Waals surface area (Å²) in [5.74, 6) is 0.789. The molecule has 1 unspecified atom stereocenters. The molecular formula is C17H25ClN2O. The third-order valence-corrected chi connectivity index (χ3v) is 4.86. The Balaban J connectivity index is 0.00000161. The molecule has 1 aliphatic carbocycles. The van der Waals surface area contributed by atoms with Crippen molar-refractivity contribution in [1.82, 2.24) is 4.90 Å². The van der Waals surface area contributed by atoms with E-state index in [1.54, 1.807) is 0 Å². The minimum Gasteiger partial charge on any atom is -0.341 e. The van der Waals surface area contributed by atoms with Gasteiger partial charge in [0.1, 0.15) is 0 Å². The predicted molar refractivity (Wildman–Crippen MR) is 87.5 cm³/mol. The second-order valence-corrected chi connectivity index (χ2v) is 6.46. The van der Waals surface area contributed by atoms with E-state index in [9.17, 15) is 4.79 Å². The summed E-state index contributed by atoms with van der Waals surface area (Å²) >= 11 is 0. The normalized spacial score (nSPS) is 23.9. The summed E-state index contributed by atoms with van der Waals surface area (Å²) in [7, 11) is 0. The van der Waals surface area contributed by atoms with Crippen LogP contribution in [0.4, 0.5) is 0 Å². The van der Waals surface area contributed by atoms with Crippen molar-refractivity contribution < 1.29 is 4.79 Å². The summed E-state index contributed by atoms with van der Waals surface area (Å²) in [4.78, 5) is 14.6. The average molecular weight is 309 g/mol. The van der Waals surface area contributed by atoms with E-state index in [0.29, 0.717) is 5.92 Å². The average Bonchev–Trinajstić information content (AvgIpc) is 3.09. The van der Waals surface area contributed by atoms with Crippen molar-refractivity contribution in [3.63, 3.8) is 0 Å². The van der Waals surface area contributed by atoms with E-state index in [1.165, 1.54) is 5.56 Å². The minimum atomic E-state index is -0.554. The summed E-state index contributed by atoms with van der Waals surface area (Å²) in [6, 6.07) is 10.6. The lowest BCUT2D eigenvalue weighted by molar-refractivity contribution is -0.135. The van der Waals surface area contributed by atoms with Crippen LogP contribution in [-0.4, -0.2) is 29.4 Å². The maximum absolute atomic E-state index is 12.6. The van der Waals surface area contributed by atoms with Gasteiger partial charge in [0.05, 0.1) is 5.54 Å². The number of benzene rings is 1. The Kier molecular flexibility index (Phi) is 5.28. The van der Waals surface area contributed by atoms with Gasteiger partial charge in [-0.3, -0.25) is 4.79 Å². The van der Waals surface area contributed by atoms with Gasteiger partial charge in [0, 0.05) is 13.1 Å². The van der Waals surface area contributed by atoms with Crippen LogP contribution in [0.5, 0.6) is 0 Å². The first-order valence-corrected chi connectivity index (χ1v) is 7.79. The third-order valence-electron chi connectivity index (χ3n) is 4.86. The molecule has 116 valence electrons. The molecule has 1 aromatic rings. The molecule has 2 N–H and O–H groups in total. The lowest BCUT2D eigenvalue weighted by atomic mass is 9.97. The maximum atomic E-state index is 12.6. The van der Waals surface area contributed by atoms with Gasteiger partial charge in [0.25, 0.3) is 0 Å². The van der Waals surface area contributed by atoms with Gasteiger partial charge in [0.15, 0.2) is 0 Å². The van der Waals surface area contributed by atoms with Gasteiger partial charge in [0.2, 0.25) is 5.91 Å². The molecule has 1 heterocycles. The highest BCUT2D eigenvalue weighted by atomic mass is 35.5. The Labute approximate surface area is 133 Å². The van der Waals surface area contributed by atoms with E-state index in [4.69, 9.17) is 5.73 Å². The molecular weight excluding hydrogens is 284 g/mol. The smallest absolute Gasteiger partial charge is 0.242 e. The monoisotopic (exact) mass is 308 g/mol. The van der Waals surface area contributed by atoms with Gasteiger partial charge in [-0.2, -0.15) is 0 Å². The van der Waals surface area contributed by atoms with Crippen molar-refractivity contribution in [2.24, 2.45) is 11.7 Å². The van der Waals surface area contributed by atoms with E-state index >= 15 is 0 Å². The molecule has 2 fully saturated rings. The summed E-state index contributed by atoms with van der Waals surface area (Å²) < 4.78 is 0. The standard InChI is InChI=1S/C17H24N2O.ClH/c18-17(9-4-5-10-17)16(20)19-11-8-15(13-19)12-14-6-2-1-3-7-14;/h1-3,6-7,15H,4-5,8-13,18H2;1H. The summed E-state index contributed by atoms with van der Waals surface area (Å²) in [6.45, 7) is 1.77. The fourth-order valence-corrected chi connectivity index (χ4v) is 3.67. The number of halogens is 1. The van der Waals surface area contributed by atoms with E-state index in [2.05, 4.69) is 24.3 Å². The molecule has 21 heavy (non-hydrogen) atoms. The molecule has 3 rings (SSSR count). The maximum Gasteiger partial charge on any atom is 0.242 e. The molecule has 1 atom stereocenters. The molecule has 2 aliphatic rings. The molecule has 3 nitrogen and oxygen atoms in total. The van der Waals surface area contributed by atoms with Crippen LogP contribution in [0.3, 0.4) is 0 Å². The summed E-state index contributed by atoms with van der Waals surface area (Å²) in [5, 5.41) is 0. The Morgan fingerprint density at radius 2 is 1.90 bits per heavy atom. The number of hydrogen-bond donors (Lipinski definition) is 1. The van der Waals surface area contributed by atoms with Gasteiger partial charge in [-0.05, 0) is 37.2 Å². The minimum absolute atomic E-state index is 0. The number of nitrogens with zero attached hydrogens (tertiary/aromatic N) is 1. The zero-order valence-corrected chi connectivity index (χ0v) is 13.3. The van der Waals surface area contributed by atoms with Crippen LogP contribution in [0.1, 0.15) is 37.7 Å². The molecule has 0 aromatic heterocycles. The van der Waals surface area contributed by atoms with E-state index in [-0.39, 0.29) is 18.3 Å². The van der Waals surface area contributed by atoms with Crippen LogP contribution in [0.25, 0.3) is 0 Å². The Bertz CT molecular complexity index is 471. The van der Waals surface area contributed by atoms with Crippen molar-refractivity contribution in [2.45, 2.75) is 44.1 Å². The number of carbonyl (C=O) groups excluding carboxylic acids is 1. The molecule has 1 amide bonds. The SMILES string of the molecule is Cl.NC1(C(=O)N2CCC(Cc3ccccc3)C2)CCCC1. The van der Waals surface area contributed by atoms with Crippen molar-refractivity contribution in [3.05, 3.63) is 35.9 Å². The quantitative estimate of drug-likeness (QED) is 0.933. The van der Waals surface area contributed by atoms with Gasteiger partial charge in [-0.1, -0.05) is 43.2 Å². The number of amides is 1. The summed E-state index contributed by atoms with van der Waals surface area (Å²) in [6.07, 6.45) is 6.11. The van der Waals surface area contributed by atoms with Crippen molar-refractivity contribution in [3.8, 4) is 0 Å². The lowest BCUT2D eigenvalue weighted by Crippen LogP contribution is -2.52. The molecule has 1 saturated heterocycles. The largest absolute Gasteiger partial charge is 0.341 e. The van der Waals surface area contributed by atoms with E-state index in [1.807, 2.05) is 11.0 Å². The summed E-state index contributed by atoms with van der Waals surface area (Å²) in [5.41, 5.74) is 7.11. The molecule has 0 radical (unpaired) electrons. The highest BCUT2D eigenvalue weighted by Crippen LogP contribution is 2.31. The number of carbonyl (C=O) groups is 1. The number of rotatable bonds is 3. The molecule has 1 aliphatic heterocycles. The van der Waals surface area contributed by atoms with Gasteiger partial charge in [-0.25, -0.2) is 0 Å². The number of likely N-dealkylation sites (tertiary alicyclic amines) is 1. The van der Waals surface area contributed by atoms with E-state index in [0.717, 1.165) is 51.6 Å². The Morgan fingerprint density at radius 1 is 1.24 bits per heavy atom. The second kappa shape index (κ2) is 6.80. The Morgan fingerprint density at radius 3 is 2.57 bits per heavy atom. The fourth-order valence-electron chi connectivity index (χ4n) is 3.67. The second-order valence-electron chi connectivity index (χ2n) is 6.46. The van der Waals surface area contributed by atoms with Crippen molar-refractivity contribution >= 4 is 18.3 Å². The van der Waals surface area contributed by atoms with Crippen LogP contribution in [-0.2, 0) is 11.2 Å². The van der Waals surface area contributed by atoms with Gasteiger partial charge < -0.3 is 10.6 Å². The van der Waals surface area contributed by atoms with E-state index < -0.39 is 5.54 Å². The predicted octanol–water partition coefficient (Wildman–Crippen LogP) is 2.77. The van der Waals surface area contributed by atoms with Crippen LogP contribution in [0, 0.1) is 5.92 Å². The molecule has 4 heteroatoms. The molecule has 1 aromatic carbocycles. The molecule has 1 saturated carbocycles. The first-order valence-electron chi connectivity index (χ1n) is 7.79. The van der Waals surface area contributed by atoms with Crippen LogP contribution in [0.15, 0.2) is 30.3 Å². The van der Waals surface area contributed by atoms with Crippen LogP contribution < -0.4 is 5.73 Å². The zero-order chi connectivity index (χ0) is 14.0. The number of nitrogens with two attached hydrogens (primary N) is 1. The molecule has 0 spiro atoms. The first kappa shape index (κ1) is 16.3. The Hall–Kier alpha value is -1.06. The van der Waals surface area contributed by atoms with Crippen LogP contribution >= 0.6 is 12.4 Å². The highest BCUT2D eigenvalue weighted by Gasteiger charge is 2.41. The van der Waals surface area contributed by atoms with Crippen molar-refractivity contribution in [2.75, 3.05) is 13.1 Å². The third kappa shape index (κ3) is 3.58. The first-order chi connectivity index (χ1) is 9.67. The van der Waals surface area contributed by atoms with Gasteiger partial charge in [-0.15, -0.1) is 12.4 Å². The fraction of sp³-hybridized carbons (Fsp3) is 0.588. The van der Waals surface area contributed by atoms with Crippen molar-refractivity contribution in [1.29, 1.82) is 0 Å². The lowest BCUT2D eigenvalue weighted by Gasteiger charge is -2.28. The zero-order valence-electron chi connectivity index (χ0n) is 12.5. The van der Waals surface area contributed by atoms with Gasteiger partial charge >= 0.3 is 0 Å². The topological polar surface area (TPSA) is 46.3 Å².